The monoisotopic (exact) mass is 552 g/mol. The fourth-order valence-corrected chi connectivity index (χ4v) is 4.92. The van der Waals surface area contributed by atoms with Crippen molar-refractivity contribution >= 4 is 35.1 Å². The van der Waals surface area contributed by atoms with Crippen LogP contribution in [0.3, 0.4) is 0 Å². The molecule has 4 aromatic rings. The zero-order chi connectivity index (χ0) is 27.7. The van der Waals surface area contributed by atoms with Gasteiger partial charge in [-0.25, -0.2) is 14.2 Å². The number of rotatable bonds is 8. The smallest absolute Gasteiger partial charge is 0.338 e. The molecule has 0 spiro atoms. The van der Waals surface area contributed by atoms with Gasteiger partial charge in [0.25, 0.3) is 5.91 Å². The van der Waals surface area contributed by atoms with Gasteiger partial charge in [0.15, 0.2) is 0 Å². The average molecular weight is 553 g/mol. The normalized spacial score (nSPS) is 14.8. The van der Waals surface area contributed by atoms with Crippen LogP contribution in [0.1, 0.15) is 26.4 Å². The molecule has 4 heterocycles. The van der Waals surface area contributed by atoms with Gasteiger partial charge in [-0.3, -0.25) is 9.48 Å². The number of amides is 1. The highest BCUT2D eigenvalue weighted by atomic mass is 35.5. The van der Waals surface area contributed by atoms with Crippen molar-refractivity contribution in [3.63, 3.8) is 0 Å². The third kappa shape index (κ3) is 5.23. The summed E-state index contributed by atoms with van der Waals surface area (Å²) in [5.41, 5.74) is 2.40. The number of fused-ring (bicyclic) bond motifs is 1. The maximum atomic E-state index is 14.1. The molecule has 3 aromatic heterocycles. The van der Waals surface area contributed by atoms with E-state index in [1.165, 1.54) is 25.3 Å². The van der Waals surface area contributed by atoms with Crippen molar-refractivity contribution in [1.29, 1.82) is 0 Å². The predicted octanol–water partition coefficient (Wildman–Crippen LogP) is 4.28. The van der Waals surface area contributed by atoms with E-state index in [0.29, 0.717) is 34.2 Å². The lowest BCUT2D eigenvalue weighted by atomic mass is 10.0. The molecule has 0 radical (unpaired) electrons. The molecule has 0 saturated carbocycles. The molecule has 0 bridgehead atoms. The molecule has 1 atom stereocenters. The lowest BCUT2D eigenvalue weighted by Gasteiger charge is -2.36. The number of hydrogen-bond acceptors (Lipinski definition) is 7. The number of nitrogens with one attached hydrogen (secondary N) is 1. The van der Waals surface area contributed by atoms with Crippen molar-refractivity contribution in [2.45, 2.75) is 19.1 Å². The lowest BCUT2D eigenvalue weighted by molar-refractivity contribution is 0.0383. The minimum Gasteiger partial charge on any atom is -0.465 e. The first-order chi connectivity index (χ1) is 18.8. The summed E-state index contributed by atoms with van der Waals surface area (Å²) in [7, 11) is 4.62. The van der Waals surface area contributed by atoms with Crippen molar-refractivity contribution in [3.8, 4) is 11.1 Å². The van der Waals surface area contributed by atoms with E-state index in [9.17, 15) is 14.0 Å². The molecule has 12 heteroatoms. The first kappa shape index (κ1) is 26.4. The summed E-state index contributed by atoms with van der Waals surface area (Å²) in [6.45, 7) is 0.682. The summed E-state index contributed by atoms with van der Waals surface area (Å²) in [6, 6.07) is 8.82. The highest BCUT2D eigenvalue weighted by Gasteiger charge is 2.34. The Morgan fingerprint density at radius 3 is 2.77 bits per heavy atom. The number of aryl methyl sites for hydroxylation is 1. The number of anilines is 2. The second kappa shape index (κ2) is 10.9. The van der Waals surface area contributed by atoms with Gasteiger partial charge in [-0.2, -0.15) is 5.10 Å². The number of aromatic nitrogens is 4. The van der Waals surface area contributed by atoms with E-state index in [4.69, 9.17) is 21.1 Å². The van der Waals surface area contributed by atoms with Crippen molar-refractivity contribution in [2.75, 3.05) is 26.1 Å². The summed E-state index contributed by atoms with van der Waals surface area (Å²) in [4.78, 5) is 32.0. The molecule has 10 nitrogen and oxygen atoms in total. The van der Waals surface area contributed by atoms with Gasteiger partial charge < -0.3 is 24.3 Å². The summed E-state index contributed by atoms with van der Waals surface area (Å²) in [5.74, 6) is -0.0871. The van der Waals surface area contributed by atoms with E-state index >= 15 is 0 Å². The number of carbonyl (C=O) groups is 2. The van der Waals surface area contributed by atoms with E-state index in [1.54, 1.807) is 41.2 Å². The zero-order valence-electron chi connectivity index (χ0n) is 21.5. The second-order valence-corrected chi connectivity index (χ2v) is 9.52. The minimum atomic E-state index is -0.605. The Morgan fingerprint density at radius 2 is 2.05 bits per heavy atom. The number of hydrogen-bond donors (Lipinski definition) is 1. The van der Waals surface area contributed by atoms with E-state index in [1.807, 2.05) is 23.9 Å². The van der Waals surface area contributed by atoms with Crippen molar-refractivity contribution in [2.24, 2.45) is 7.05 Å². The molecule has 1 N–H and O–H groups in total. The van der Waals surface area contributed by atoms with Gasteiger partial charge >= 0.3 is 5.97 Å². The minimum absolute atomic E-state index is 0.00431. The molecule has 1 unspecified atom stereocenters. The van der Waals surface area contributed by atoms with Gasteiger partial charge in [0, 0.05) is 56.8 Å². The molecular weight excluding hydrogens is 527 g/mol. The van der Waals surface area contributed by atoms with Crippen LogP contribution in [0.5, 0.6) is 0 Å². The van der Waals surface area contributed by atoms with Crippen LogP contribution < -0.4 is 5.32 Å². The Kier molecular flexibility index (Phi) is 7.36. The van der Waals surface area contributed by atoms with E-state index in [2.05, 4.69) is 15.4 Å². The predicted molar refractivity (Wildman–Crippen MR) is 142 cm³/mol. The summed E-state index contributed by atoms with van der Waals surface area (Å²) < 4.78 is 27.9. The molecule has 1 aliphatic heterocycles. The van der Waals surface area contributed by atoms with Crippen LogP contribution >= 0.6 is 11.6 Å². The number of esters is 1. The quantitative estimate of drug-likeness (QED) is 0.325. The van der Waals surface area contributed by atoms with Crippen LogP contribution in [-0.4, -0.2) is 63.0 Å². The summed E-state index contributed by atoms with van der Waals surface area (Å²) >= 11 is 6.52. The fourth-order valence-electron chi connectivity index (χ4n) is 4.70. The fraction of sp³-hybridized carbons (Fsp3) is 0.259. The van der Waals surface area contributed by atoms with Crippen LogP contribution in [0.15, 0.2) is 55.0 Å². The largest absolute Gasteiger partial charge is 0.465 e. The van der Waals surface area contributed by atoms with Crippen LogP contribution in [0, 0.1) is 5.82 Å². The van der Waals surface area contributed by atoms with Crippen LogP contribution in [0.4, 0.5) is 16.0 Å². The highest BCUT2D eigenvalue weighted by Crippen LogP contribution is 2.34. The first-order valence-electron chi connectivity index (χ1n) is 12.1. The topological polar surface area (TPSA) is 104 Å². The average Bonchev–Trinajstić information content (AvgIpc) is 3.53. The number of methoxy groups -OCH3 is 2. The Labute approximate surface area is 228 Å². The third-order valence-corrected chi connectivity index (χ3v) is 6.94. The Balaban J connectivity index is 1.48. The van der Waals surface area contributed by atoms with Crippen molar-refractivity contribution in [3.05, 3.63) is 82.6 Å². The van der Waals surface area contributed by atoms with Gasteiger partial charge in [0.05, 0.1) is 36.5 Å². The van der Waals surface area contributed by atoms with Crippen molar-refractivity contribution < 1.29 is 23.5 Å². The summed E-state index contributed by atoms with van der Waals surface area (Å²) in [6.07, 6.45) is 5.09. The number of carbonyl (C=O) groups excluding carboxylic acids is 2. The maximum absolute atomic E-state index is 14.1. The second-order valence-electron chi connectivity index (χ2n) is 9.12. The van der Waals surface area contributed by atoms with E-state index < -0.39 is 11.8 Å². The van der Waals surface area contributed by atoms with E-state index in [-0.39, 0.29) is 30.7 Å². The first-order valence-corrected chi connectivity index (χ1v) is 12.4. The Bertz CT molecular complexity index is 1550. The van der Waals surface area contributed by atoms with Gasteiger partial charge in [0.1, 0.15) is 23.1 Å². The highest BCUT2D eigenvalue weighted by molar-refractivity contribution is 6.33. The Morgan fingerprint density at radius 1 is 1.23 bits per heavy atom. The number of pyridine rings is 1. The van der Waals surface area contributed by atoms with Gasteiger partial charge in [0.2, 0.25) is 0 Å². The standard InChI is InChI=1S/C27H26ClFN6O4/c1-33-25(6-7-31-33)32-24-10-21(22(28)11-30-24)17-9-23-26(36)35(19(15-38-2)14-34(23)12-17)13-16-8-18(29)4-5-20(16)27(37)39-3/h4-12,19H,13-15H2,1-3H3,(H,30,32). The molecular formula is C27H26ClFN6O4. The number of ether oxygens (including phenoxy) is 2. The zero-order valence-corrected chi connectivity index (χ0v) is 22.3. The molecule has 0 saturated heterocycles. The molecule has 0 aliphatic carbocycles. The summed E-state index contributed by atoms with van der Waals surface area (Å²) in [5, 5.41) is 7.78. The Hall–Kier alpha value is -4.22. The molecule has 39 heavy (non-hydrogen) atoms. The molecule has 0 fully saturated rings. The number of nitrogens with zero attached hydrogens (tertiary/aromatic N) is 5. The number of halogens is 2. The molecule has 5 rings (SSSR count). The molecule has 1 amide bonds. The van der Waals surface area contributed by atoms with Gasteiger partial charge in [-0.1, -0.05) is 11.6 Å². The van der Waals surface area contributed by atoms with Crippen LogP contribution in [0.2, 0.25) is 5.02 Å². The molecule has 1 aromatic carbocycles. The van der Waals surface area contributed by atoms with Crippen LogP contribution in [0.25, 0.3) is 11.1 Å². The SMILES string of the molecule is COCC1Cn2cc(-c3cc(Nc4ccnn4C)ncc3Cl)cc2C(=O)N1Cc1cc(F)ccc1C(=O)OC. The van der Waals surface area contributed by atoms with E-state index in [0.717, 1.165) is 11.4 Å². The van der Waals surface area contributed by atoms with Gasteiger partial charge in [-0.05, 0) is 35.9 Å². The maximum Gasteiger partial charge on any atom is 0.338 e. The van der Waals surface area contributed by atoms with Gasteiger partial charge in [-0.15, -0.1) is 0 Å². The van der Waals surface area contributed by atoms with Crippen molar-refractivity contribution in [1.82, 2.24) is 24.2 Å². The van der Waals surface area contributed by atoms with Crippen LogP contribution in [-0.2, 0) is 29.6 Å². The molecule has 202 valence electrons. The number of benzene rings is 1. The lowest BCUT2D eigenvalue weighted by Crippen LogP contribution is -2.49. The molecule has 1 aliphatic rings. The third-order valence-electron chi connectivity index (χ3n) is 6.64.